The number of aromatic nitrogens is 1. The van der Waals surface area contributed by atoms with Crippen molar-refractivity contribution < 1.29 is 14.3 Å². The van der Waals surface area contributed by atoms with Crippen LogP contribution in [0.2, 0.25) is 0 Å². The van der Waals surface area contributed by atoms with Crippen LogP contribution in [0.3, 0.4) is 0 Å². The average Bonchev–Trinajstić information content (AvgIpc) is 2.55. The molecule has 23 heavy (non-hydrogen) atoms. The van der Waals surface area contributed by atoms with Crippen molar-refractivity contribution in [3.63, 3.8) is 0 Å². The molecule has 5 heteroatoms. The first kappa shape index (κ1) is 16.8. The zero-order valence-corrected chi connectivity index (χ0v) is 13.4. The van der Waals surface area contributed by atoms with Gasteiger partial charge in [-0.2, -0.15) is 0 Å². The van der Waals surface area contributed by atoms with Gasteiger partial charge in [0.2, 0.25) is 5.43 Å². The zero-order valence-electron chi connectivity index (χ0n) is 13.4. The van der Waals surface area contributed by atoms with Gasteiger partial charge in [0.15, 0.2) is 5.75 Å². The Morgan fingerprint density at radius 2 is 1.96 bits per heavy atom. The van der Waals surface area contributed by atoms with E-state index < -0.39 is 5.97 Å². The first-order chi connectivity index (χ1) is 11.1. The predicted octanol–water partition coefficient (Wildman–Crippen LogP) is 3.16. The van der Waals surface area contributed by atoms with E-state index in [0.29, 0.717) is 23.8 Å². The molecule has 122 valence electrons. The molecule has 0 fully saturated rings. The van der Waals surface area contributed by atoms with Crippen molar-refractivity contribution >= 4 is 5.97 Å². The third kappa shape index (κ3) is 5.29. The molecule has 2 aromatic rings. The van der Waals surface area contributed by atoms with Gasteiger partial charge in [0.1, 0.15) is 6.61 Å². The summed E-state index contributed by atoms with van der Waals surface area (Å²) in [6.07, 6.45) is 2.39. The van der Waals surface area contributed by atoms with Crippen molar-refractivity contribution in [2.24, 2.45) is 5.92 Å². The summed E-state index contributed by atoms with van der Waals surface area (Å²) in [5.74, 6) is 0.373. The molecule has 1 heterocycles. The van der Waals surface area contributed by atoms with E-state index >= 15 is 0 Å². The fourth-order valence-electron chi connectivity index (χ4n) is 1.90. The largest absolute Gasteiger partial charge is 0.488 e. The molecule has 0 aliphatic heterocycles. The number of hydrogen-bond donors (Lipinski definition) is 1. The summed E-state index contributed by atoms with van der Waals surface area (Å²) >= 11 is 0. The number of carbonyl (C=O) groups excluding carboxylic acids is 1. The predicted molar refractivity (Wildman–Crippen MR) is 87.6 cm³/mol. The lowest BCUT2D eigenvalue weighted by atomic mass is 10.1. The van der Waals surface area contributed by atoms with E-state index in [0.717, 1.165) is 6.42 Å². The van der Waals surface area contributed by atoms with E-state index in [1.165, 1.54) is 12.3 Å². The van der Waals surface area contributed by atoms with Crippen LogP contribution in [0.1, 0.15) is 36.3 Å². The quantitative estimate of drug-likeness (QED) is 0.797. The van der Waals surface area contributed by atoms with Crippen molar-refractivity contribution in [1.29, 1.82) is 0 Å². The van der Waals surface area contributed by atoms with Crippen LogP contribution in [0.4, 0.5) is 0 Å². The first-order valence-corrected chi connectivity index (χ1v) is 7.63. The number of pyridine rings is 1. The van der Waals surface area contributed by atoms with Crippen molar-refractivity contribution in [1.82, 2.24) is 4.98 Å². The lowest BCUT2D eigenvalue weighted by Crippen LogP contribution is -2.13. The van der Waals surface area contributed by atoms with E-state index in [1.807, 2.05) is 6.07 Å². The molecule has 1 aromatic heterocycles. The summed E-state index contributed by atoms with van der Waals surface area (Å²) in [6.45, 7) is 4.70. The molecule has 0 radical (unpaired) electrons. The van der Waals surface area contributed by atoms with Gasteiger partial charge in [-0.15, -0.1) is 0 Å². The monoisotopic (exact) mass is 315 g/mol. The van der Waals surface area contributed by atoms with E-state index in [-0.39, 0.29) is 17.8 Å². The highest BCUT2D eigenvalue weighted by Crippen LogP contribution is 2.07. The maximum Gasteiger partial charge on any atom is 0.338 e. The Morgan fingerprint density at radius 1 is 1.22 bits per heavy atom. The van der Waals surface area contributed by atoms with Crippen LogP contribution < -0.4 is 10.2 Å². The topological polar surface area (TPSA) is 68.4 Å². The molecule has 1 N–H and O–H groups in total. The third-order valence-electron chi connectivity index (χ3n) is 3.26. The highest BCUT2D eigenvalue weighted by Gasteiger charge is 2.08. The Labute approximate surface area is 135 Å². The molecule has 2 rings (SSSR count). The Bertz CT molecular complexity index is 692. The number of aromatic amines is 1. The molecule has 0 saturated heterocycles. The van der Waals surface area contributed by atoms with Gasteiger partial charge in [0.25, 0.3) is 0 Å². The van der Waals surface area contributed by atoms with Gasteiger partial charge in [-0.25, -0.2) is 4.79 Å². The van der Waals surface area contributed by atoms with Gasteiger partial charge in [0, 0.05) is 12.3 Å². The molecule has 0 aliphatic carbocycles. The maximum atomic E-state index is 11.9. The Hall–Kier alpha value is -2.56. The van der Waals surface area contributed by atoms with Gasteiger partial charge < -0.3 is 14.5 Å². The van der Waals surface area contributed by atoms with Crippen LogP contribution in [0.5, 0.6) is 5.75 Å². The minimum Gasteiger partial charge on any atom is -0.488 e. The number of benzene rings is 1. The zero-order chi connectivity index (χ0) is 16.7. The van der Waals surface area contributed by atoms with Crippen LogP contribution in [-0.4, -0.2) is 17.6 Å². The van der Waals surface area contributed by atoms with Crippen molar-refractivity contribution in [3.05, 3.63) is 64.1 Å². The number of H-pyrrole nitrogens is 1. The van der Waals surface area contributed by atoms with Crippen LogP contribution in [0.25, 0.3) is 0 Å². The van der Waals surface area contributed by atoms with Crippen molar-refractivity contribution in [3.8, 4) is 5.75 Å². The molecule has 0 spiro atoms. The van der Waals surface area contributed by atoms with Crippen molar-refractivity contribution in [2.75, 3.05) is 6.61 Å². The van der Waals surface area contributed by atoms with Crippen LogP contribution in [0.15, 0.2) is 47.4 Å². The van der Waals surface area contributed by atoms with Crippen LogP contribution in [-0.2, 0) is 11.3 Å². The Kier molecular flexibility index (Phi) is 5.97. The molecule has 1 aromatic carbocycles. The number of nitrogens with one attached hydrogen (secondary N) is 1. The lowest BCUT2D eigenvalue weighted by molar-refractivity contribution is 0.0467. The molecular weight excluding hydrogens is 294 g/mol. The van der Waals surface area contributed by atoms with Gasteiger partial charge in [-0.05, 0) is 24.5 Å². The Morgan fingerprint density at radius 3 is 2.61 bits per heavy atom. The first-order valence-electron chi connectivity index (χ1n) is 7.63. The third-order valence-corrected chi connectivity index (χ3v) is 3.26. The normalized spacial score (nSPS) is 10.6. The van der Waals surface area contributed by atoms with Gasteiger partial charge >= 0.3 is 5.97 Å². The molecule has 0 saturated carbocycles. The molecule has 5 nitrogen and oxygen atoms in total. The summed E-state index contributed by atoms with van der Waals surface area (Å²) in [6, 6.07) is 10.1. The Balaban J connectivity index is 1.90. The fraction of sp³-hybridized carbons (Fsp3) is 0.333. The number of ether oxygens (including phenoxy) is 2. The fourth-order valence-corrected chi connectivity index (χ4v) is 1.90. The van der Waals surface area contributed by atoms with Crippen LogP contribution in [0, 0.1) is 5.92 Å². The van der Waals surface area contributed by atoms with E-state index in [2.05, 4.69) is 18.8 Å². The summed E-state index contributed by atoms with van der Waals surface area (Å²) in [5, 5.41) is 0. The molecule has 0 atom stereocenters. The highest BCUT2D eigenvalue weighted by molar-refractivity contribution is 5.89. The number of carbonyl (C=O) groups is 1. The van der Waals surface area contributed by atoms with E-state index in [4.69, 9.17) is 9.47 Å². The summed E-state index contributed by atoms with van der Waals surface area (Å²) in [4.78, 5) is 26.7. The van der Waals surface area contributed by atoms with Crippen molar-refractivity contribution in [2.45, 2.75) is 26.9 Å². The van der Waals surface area contributed by atoms with Gasteiger partial charge in [0.05, 0.1) is 17.9 Å². The average molecular weight is 315 g/mol. The summed E-state index contributed by atoms with van der Waals surface area (Å²) in [5.41, 5.74) is 0.775. The minimum absolute atomic E-state index is 0.00917. The smallest absolute Gasteiger partial charge is 0.338 e. The SMILES string of the molecule is CC(C)CCOc1c[nH]c(COC(=O)c2ccccc2)cc1=O. The summed E-state index contributed by atoms with van der Waals surface area (Å²) in [7, 11) is 0. The van der Waals surface area contributed by atoms with Crippen LogP contribution >= 0.6 is 0 Å². The lowest BCUT2D eigenvalue weighted by Gasteiger charge is -2.09. The molecule has 0 aliphatic rings. The number of esters is 1. The molecular formula is C18H21NO4. The number of rotatable bonds is 7. The molecule has 0 amide bonds. The maximum absolute atomic E-state index is 11.9. The summed E-state index contributed by atoms with van der Waals surface area (Å²) < 4.78 is 10.6. The van der Waals surface area contributed by atoms with Gasteiger partial charge in [-0.3, -0.25) is 4.79 Å². The van der Waals surface area contributed by atoms with E-state index in [9.17, 15) is 9.59 Å². The second kappa shape index (κ2) is 8.17. The molecule has 0 unspecified atom stereocenters. The standard InChI is InChI=1S/C18H21NO4/c1-13(2)8-9-22-17-11-19-15(10-16(17)20)12-23-18(21)14-6-4-3-5-7-14/h3-7,10-11,13H,8-9,12H2,1-2H3,(H,19,20). The highest BCUT2D eigenvalue weighted by atomic mass is 16.5. The molecule has 0 bridgehead atoms. The second-order valence-electron chi connectivity index (χ2n) is 5.66. The van der Waals surface area contributed by atoms with E-state index in [1.54, 1.807) is 24.3 Å². The van der Waals surface area contributed by atoms with Gasteiger partial charge in [-0.1, -0.05) is 32.0 Å². The second-order valence-corrected chi connectivity index (χ2v) is 5.66. The number of hydrogen-bond acceptors (Lipinski definition) is 4. The minimum atomic E-state index is -0.427.